The molecule has 0 saturated heterocycles. The van der Waals surface area contributed by atoms with Crippen molar-refractivity contribution in [3.05, 3.63) is 21.9 Å². The maximum Gasteiger partial charge on any atom is 0.304 e. The minimum Gasteiger partial charge on any atom is -0.481 e. The van der Waals surface area contributed by atoms with Gasteiger partial charge in [-0.1, -0.05) is 6.42 Å². The highest BCUT2D eigenvalue weighted by Crippen LogP contribution is 2.48. The number of carboxylic acid groups (broad SMARTS) is 1. The highest BCUT2D eigenvalue weighted by atomic mass is 32.1. The molecule has 1 aromatic heterocycles. The van der Waals surface area contributed by atoms with E-state index in [2.05, 4.69) is 17.7 Å². The van der Waals surface area contributed by atoms with Crippen LogP contribution in [0.5, 0.6) is 0 Å². The highest BCUT2D eigenvalue weighted by molar-refractivity contribution is 7.08. The molecule has 0 bridgehead atoms. The molecule has 0 unspecified atom stereocenters. The van der Waals surface area contributed by atoms with Crippen molar-refractivity contribution in [2.45, 2.75) is 38.0 Å². The molecule has 0 aromatic carbocycles. The molecule has 1 heterocycles. The van der Waals surface area contributed by atoms with E-state index in [0.29, 0.717) is 6.42 Å². The highest BCUT2D eigenvalue weighted by Gasteiger charge is 2.41. The van der Waals surface area contributed by atoms with E-state index in [-0.39, 0.29) is 5.41 Å². The Kier molecular flexibility index (Phi) is 2.35. The van der Waals surface area contributed by atoms with Crippen LogP contribution in [0.25, 0.3) is 0 Å². The molecule has 1 fully saturated rings. The van der Waals surface area contributed by atoms with Crippen molar-refractivity contribution >= 4 is 17.3 Å². The zero-order valence-corrected chi connectivity index (χ0v) is 9.06. The topological polar surface area (TPSA) is 37.3 Å². The van der Waals surface area contributed by atoms with Gasteiger partial charge in [0.2, 0.25) is 0 Å². The molecule has 1 aliphatic carbocycles. The molecule has 1 saturated carbocycles. The summed E-state index contributed by atoms with van der Waals surface area (Å²) in [5.74, 6) is -0.671. The van der Waals surface area contributed by atoms with E-state index >= 15 is 0 Å². The fourth-order valence-electron chi connectivity index (χ4n) is 2.34. The largest absolute Gasteiger partial charge is 0.481 e. The number of hydrogen-bond donors (Lipinski definition) is 1. The van der Waals surface area contributed by atoms with Gasteiger partial charge in [0.1, 0.15) is 0 Å². The van der Waals surface area contributed by atoms with E-state index in [4.69, 9.17) is 5.11 Å². The van der Waals surface area contributed by atoms with E-state index < -0.39 is 5.97 Å². The Labute approximate surface area is 87.6 Å². The smallest absolute Gasteiger partial charge is 0.304 e. The zero-order chi connectivity index (χ0) is 10.2. The molecule has 0 aliphatic heterocycles. The fraction of sp³-hybridized carbons (Fsp3) is 0.545. The van der Waals surface area contributed by atoms with Crippen molar-refractivity contribution in [3.8, 4) is 0 Å². The molecular weight excluding hydrogens is 196 g/mol. The van der Waals surface area contributed by atoms with Gasteiger partial charge in [0.25, 0.3) is 0 Å². The Morgan fingerprint density at radius 1 is 1.57 bits per heavy atom. The van der Waals surface area contributed by atoms with Crippen LogP contribution in [-0.2, 0) is 10.2 Å². The molecule has 0 spiro atoms. The van der Waals surface area contributed by atoms with Gasteiger partial charge in [-0.15, -0.1) is 0 Å². The first-order chi connectivity index (χ1) is 6.64. The Balaban J connectivity index is 2.29. The third-order valence-electron chi connectivity index (χ3n) is 3.23. The van der Waals surface area contributed by atoms with Gasteiger partial charge >= 0.3 is 5.97 Å². The molecule has 3 heteroatoms. The van der Waals surface area contributed by atoms with Crippen LogP contribution in [-0.4, -0.2) is 11.1 Å². The van der Waals surface area contributed by atoms with Crippen molar-refractivity contribution < 1.29 is 9.90 Å². The van der Waals surface area contributed by atoms with Crippen molar-refractivity contribution in [1.29, 1.82) is 0 Å². The van der Waals surface area contributed by atoms with Gasteiger partial charge in [-0.3, -0.25) is 4.79 Å². The quantitative estimate of drug-likeness (QED) is 0.832. The first-order valence-electron chi connectivity index (χ1n) is 4.89. The Bertz CT molecular complexity index is 350. The standard InChI is InChI=1S/C11H14O2S/c1-8-6-14-7-9(8)11(3-2-4-11)5-10(12)13/h6-7H,2-5H2,1H3,(H,12,13). The molecule has 14 heavy (non-hydrogen) atoms. The van der Waals surface area contributed by atoms with Crippen molar-refractivity contribution in [1.82, 2.24) is 0 Å². The lowest BCUT2D eigenvalue weighted by Crippen LogP contribution is -2.36. The van der Waals surface area contributed by atoms with Gasteiger partial charge in [-0.2, -0.15) is 11.3 Å². The summed E-state index contributed by atoms with van der Waals surface area (Å²) in [5, 5.41) is 13.1. The summed E-state index contributed by atoms with van der Waals surface area (Å²) in [7, 11) is 0. The minimum atomic E-state index is -0.671. The predicted molar refractivity (Wildman–Crippen MR) is 56.8 cm³/mol. The molecule has 0 radical (unpaired) electrons. The number of carboxylic acids is 1. The molecule has 1 N–H and O–H groups in total. The summed E-state index contributed by atoms with van der Waals surface area (Å²) in [4.78, 5) is 10.8. The van der Waals surface area contributed by atoms with Gasteiger partial charge in [-0.25, -0.2) is 0 Å². The second-order valence-electron chi connectivity index (χ2n) is 4.17. The second kappa shape index (κ2) is 3.39. The van der Waals surface area contributed by atoms with Gasteiger partial charge in [0.15, 0.2) is 0 Å². The fourth-order valence-corrected chi connectivity index (χ4v) is 3.31. The number of rotatable bonds is 3. The van der Waals surface area contributed by atoms with E-state index in [1.54, 1.807) is 11.3 Å². The van der Waals surface area contributed by atoms with Gasteiger partial charge in [0.05, 0.1) is 6.42 Å². The van der Waals surface area contributed by atoms with Crippen LogP contribution in [0.1, 0.15) is 36.8 Å². The molecular formula is C11H14O2S. The molecule has 1 aromatic rings. The summed E-state index contributed by atoms with van der Waals surface area (Å²) in [6, 6.07) is 0. The summed E-state index contributed by atoms with van der Waals surface area (Å²) in [6.07, 6.45) is 3.54. The van der Waals surface area contributed by atoms with Crippen LogP contribution in [0, 0.1) is 6.92 Å². The summed E-state index contributed by atoms with van der Waals surface area (Å²) < 4.78 is 0. The Morgan fingerprint density at radius 2 is 2.29 bits per heavy atom. The van der Waals surface area contributed by atoms with Crippen LogP contribution in [0.15, 0.2) is 10.8 Å². The molecule has 2 rings (SSSR count). The van der Waals surface area contributed by atoms with E-state index in [1.165, 1.54) is 17.5 Å². The second-order valence-corrected chi connectivity index (χ2v) is 4.92. The first-order valence-corrected chi connectivity index (χ1v) is 5.83. The minimum absolute atomic E-state index is 0.0318. The SMILES string of the molecule is Cc1cscc1C1(CC(=O)O)CCC1. The predicted octanol–water partition coefficient (Wildman–Crippen LogP) is 2.95. The van der Waals surface area contributed by atoms with E-state index in [9.17, 15) is 4.79 Å². The number of aliphatic carboxylic acids is 1. The van der Waals surface area contributed by atoms with Crippen molar-refractivity contribution in [2.24, 2.45) is 0 Å². The third kappa shape index (κ3) is 1.46. The van der Waals surface area contributed by atoms with Crippen LogP contribution in [0.4, 0.5) is 0 Å². The summed E-state index contributed by atoms with van der Waals surface area (Å²) in [6.45, 7) is 2.08. The molecule has 0 atom stereocenters. The number of thiophene rings is 1. The average molecular weight is 210 g/mol. The molecule has 76 valence electrons. The molecule has 0 amide bonds. The van der Waals surface area contributed by atoms with Crippen LogP contribution >= 0.6 is 11.3 Å². The number of aryl methyl sites for hydroxylation is 1. The van der Waals surface area contributed by atoms with Gasteiger partial charge in [-0.05, 0) is 41.7 Å². The van der Waals surface area contributed by atoms with Gasteiger partial charge < -0.3 is 5.11 Å². The Hall–Kier alpha value is -0.830. The maximum atomic E-state index is 10.8. The lowest BCUT2D eigenvalue weighted by Gasteiger charge is -2.41. The third-order valence-corrected chi connectivity index (χ3v) is 4.09. The number of hydrogen-bond acceptors (Lipinski definition) is 2. The lowest BCUT2D eigenvalue weighted by molar-refractivity contribution is -0.139. The van der Waals surface area contributed by atoms with Crippen LogP contribution in [0.2, 0.25) is 0 Å². The van der Waals surface area contributed by atoms with Crippen LogP contribution < -0.4 is 0 Å². The zero-order valence-electron chi connectivity index (χ0n) is 8.25. The van der Waals surface area contributed by atoms with E-state index in [1.807, 2.05) is 0 Å². The number of carbonyl (C=O) groups is 1. The van der Waals surface area contributed by atoms with Crippen molar-refractivity contribution in [3.63, 3.8) is 0 Å². The molecule has 1 aliphatic rings. The molecule has 2 nitrogen and oxygen atoms in total. The average Bonchev–Trinajstić information content (AvgIpc) is 2.44. The summed E-state index contributed by atoms with van der Waals surface area (Å²) >= 11 is 1.68. The lowest BCUT2D eigenvalue weighted by atomic mass is 9.62. The Morgan fingerprint density at radius 3 is 2.64 bits per heavy atom. The van der Waals surface area contributed by atoms with Crippen molar-refractivity contribution in [2.75, 3.05) is 0 Å². The summed E-state index contributed by atoms with van der Waals surface area (Å²) in [5.41, 5.74) is 2.50. The first kappa shape index (κ1) is 9.71. The van der Waals surface area contributed by atoms with E-state index in [0.717, 1.165) is 12.8 Å². The van der Waals surface area contributed by atoms with Gasteiger partial charge in [0, 0.05) is 5.41 Å². The monoisotopic (exact) mass is 210 g/mol. The maximum absolute atomic E-state index is 10.8. The normalized spacial score (nSPS) is 18.9. The van der Waals surface area contributed by atoms with Crippen LogP contribution in [0.3, 0.4) is 0 Å².